The molecular weight excluding hydrogens is 1220 g/mol. The number of hydrogen-bond donors (Lipinski definition) is 5. The van der Waals surface area contributed by atoms with Crippen LogP contribution in [0.2, 0.25) is 0 Å². The van der Waals surface area contributed by atoms with Gasteiger partial charge >= 0.3 is 6.09 Å². The van der Waals surface area contributed by atoms with Crippen molar-refractivity contribution in [3.63, 3.8) is 0 Å². The zero-order valence-corrected chi connectivity index (χ0v) is 28.1. The molecule has 0 aliphatic heterocycles. The van der Waals surface area contributed by atoms with Crippen molar-refractivity contribution in [3.8, 4) is 0 Å². The van der Waals surface area contributed by atoms with E-state index in [4.69, 9.17) is 22.0 Å². The summed E-state index contributed by atoms with van der Waals surface area (Å²) in [5.74, 6) is 0. The van der Waals surface area contributed by atoms with E-state index in [1.807, 2.05) is 5.32 Å². The molecule has 0 aromatic heterocycles. The predicted molar refractivity (Wildman–Crippen MR) is 81.5 cm³/mol. The van der Waals surface area contributed by atoms with Crippen LogP contribution in [0.5, 0.6) is 0 Å². The van der Waals surface area contributed by atoms with Gasteiger partial charge in [0.25, 0.3) is 0 Å². The summed E-state index contributed by atoms with van der Waals surface area (Å²) in [4.78, 5) is 31.0. The summed E-state index contributed by atoms with van der Waals surface area (Å²) in [5, 5.41) is 21.1. The summed E-state index contributed by atoms with van der Waals surface area (Å²) in [6.07, 6.45) is -0.995. The minimum atomic E-state index is -0.995. The van der Waals surface area contributed by atoms with Gasteiger partial charge < -0.3 is 48.7 Å². The first-order valence-electron chi connectivity index (χ1n) is 5.06. The molecule has 17 heteroatoms. The molecule has 0 aromatic rings. The van der Waals surface area contributed by atoms with Crippen LogP contribution in [0.1, 0.15) is 0 Å². The summed E-state index contributed by atoms with van der Waals surface area (Å²) in [5.41, 5.74) is 16.7. The monoisotopic (exact) mass is 1240 g/mol. The maximum absolute atomic E-state index is 9.37. The van der Waals surface area contributed by atoms with Crippen molar-refractivity contribution in [1.82, 2.24) is 16.0 Å². The summed E-state index contributed by atoms with van der Waals surface area (Å²) in [6.45, 7) is 0. The van der Waals surface area contributed by atoms with Crippen LogP contribution in [0, 0.1) is 0 Å². The van der Waals surface area contributed by atoms with Crippen LogP contribution in [-0.2, 0) is 102 Å². The molecule has 0 spiro atoms. The number of carboxylic acid groups (broad SMARTS) is 1. The summed E-state index contributed by atoms with van der Waals surface area (Å²) in [6, 6.07) is 0.0648. The fraction of sp³-hybridized carbons (Fsp3) is 0.556. The molecule has 0 aromatic carbocycles. The quantitative estimate of drug-likeness (QED) is 0.220. The Morgan fingerprint density at radius 1 is 0.885 bits per heavy atom. The van der Waals surface area contributed by atoms with Crippen LogP contribution in [0.3, 0.4) is 0 Å². The molecule has 0 saturated heterocycles. The molecule has 12 nitrogen and oxygen atoms in total. The number of urea groups is 2. The van der Waals surface area contributed by atoms with Crippen LogP contribution in [0.25, 0.3) is 16.9 Å². The number of rotatable bonds is 0. The van der Waals surface area contributed by atoms with E-state index in [0.717, 1.165) is 0 Å². The van der Waals surface area contributed by atoms with E-state index < -0.39 is 18.2 Å². The van der Waals surface area contributed by atoms with E-state index in [9.17, 15) is 14.4 Å². The third kappa shape index (κ3) is 242. The first-order valence-corrected chi connectivity index (χ1v) is 5.06. The number of amides is 5. The average molecular weight is 1240 g/mol. The third-order valence-electron chi connectivity index (χ3n) is 0.768. The topological polar surface area (TPSA) is 216 Å². The molecule has 0 heterocycles. The van der Waals surface area contributed by atoms with Gasteiger partial charge in [-0.15, -0.1) is 0 Å². The van der Waals surface area contributed by atoms with Gasteiger partial charge in [-0.3, -0.25) is 9.59 Å². The van der Waals surface area contributed by atoms with E-state index in [2.05, 4.69) is 21.4 Å². The minimum absolute atomic E-state index is 0. The number of hydrogen-bond acceptors (Lipinski definition) is 5. The van der Waals surface area contributed by atoms with E-state index >= 15 is 0 Å². The molecule has 5 amide bonds. The Labute approximate surface area is 222 Å². The van der Waals surface area contributed by atoms with Crippen molar-refractivity contribution in [2.75, 3.05) is 35.2 Å². The molecule has 0 fully saturated rings. The Kier molecular flexibility index (Phi) is 177. The standard InChI is InChI=1S/2C2H6N2O.C2H3N2.C2H5NO2.CH5N.5Re/c2*1-4-2(3)5;1-4-2-3;1-3-2(4)5;1-2;;;;;/h2*1H3,(H3,3,4,5);1H3;3H,1H3,(H,4,5);2H2,1H3;;;;;/q;;-1;;;;;;;/p-2. The van der Waals surface area contributed by atoms with Gasteiger partial charge in [0.15, 0.2) is 0 Å². The number of nitrogens with zero attached hydrogens (tertiary/aromatic N) is 2. The van der Waals surface area contributed by atoms with Crippen molar-refractivity contribution in [1.29, 1.82) is 0 Å². The maximum atomic E-state index is 9.37. The second kappa shape index (κ2) is 72.8. The normalized spacial score (nSPS) is 4.69. The van der Waals surface area contributed by atoms with Gasteiger partial charge in [0, 0.05) is 109 Å². The van der Waals surface area contributed by atoms with E-state index in [1.165, 1.54) is 35.2 Å². The number of nitrogens with two attached hydrogens (primary N) is 1. The zero-order chi connectivity index (χ0) is 18.3. The molecule has 161 valence electrons. The van der Waals surface area contributed by atoms with Crippen LogP contribution < -0.4 is 21.7 Å². The number of nitrogens with one attached hydrogen (secondary N) is 5. The van der Waals surface area contributed by atoms with Gasteiger partial charge in [-0.2, -0.15) is 6.01 Å². The smallest absolute Gasteiger partial charge is 0.404 e. The third-order valence-corrected chi connectivity index (χ3v) is 0.768. The van der Waals surface area contributed by atoms with Crippen molar-refractivity contribution in [2.45, 2.75) is 0 Å². The van der Waals surface area contributed by atoms with Gasteiger partial charge in [0.1, 0.15) is 12.1 Å². The Morgan fingerprint density at radius 3 is 1.00 bits per heavy atom. The zero-order valence-electron chi connectivity index (χ0n) is 14.5. The van der Waals surface area contributed by atoms with E-state index in [-0.39, 0.29) is 102 Å². The van der Waals surface area contributed by atoms with Crippen LogP contribution >= 0.6 is 0 Å². The van der Waals surface area contributed by atoms with Gasteiger partial charge in [-0.25, -0.2) is 4.79 Å². The second-order valence-corrected chi connectivity index (χ2v) is 2.04. The summed E-state index contributed by atoms with van der Waals surface area (Å²) >= 11 is 0. The minimum Gasteiger partial charge on any atom is -0.465 e. The summed E-state index contributed by atoms with van der Waals surface area (Å²) < 4.78 is 0. The molecule has 26 heavy (non-hydrogen) atoms. The fourth-order valence-electron chi connectivity index (χ4n) is 0. The van der Waals surface area contributed by atoms with Crippen LogP contribution in [-0.4, -0.2) is 64.5 Å². The molecule has 0 atom stereocenters. The van der Waals surface area contributed by atoms with Crippen molar-refractivity contribution in [3.05, 3.63) is 16.9 Å². The fourth-order valence-corrected chi connectivity index (χ4v) is 0. The van der Waals surface area contributed by atoms with Crippen LogP contribution in [0.15, 0.2) is 4.99 Å². The predicted octanol–water partition coefficient (Wildman–Crippen LogP) is 0.562. The molecule has 0 bridgehead atoms. The van der Waals surface area contributed by atoms with Crippen molar-refractivity contribution in [2.24, 2.45) is 10.7 Å². The molecule has 8 N–H and O–H groups in total. The number of carbonyl (C=O) groups excluding carboxylic acids is 2. The van der Waals surface area contributed by atoms with Gasteiger partial charge in [0.05, 0.1) is 0 Å². The molecular formula is C9H23N8O4Re5-3. The van der Waals surface area contributed by atoms with E-state index in [0.29, 0.717) is 0 Å². The molecule has 0 rings (SSSR count). The van der Waals surface area contributed by atoms with Gasteiger partial charge in [-0.1, -0.05) is 21.1 Å². The first kappa shape index (κ1) is 63.3. The molecule has 0 unspecified atom stereocenters. The molecule has 5 radical (unpaired) electrons. The largest absolute Gasteiger partial charge is 0.465 e. The molecule has 0 aliphatic rings. The van der Waals surface area contributed by atoms with Crippen molar-refractivity contribution >= 4 is 24.2 Å². The maximum Gasteiger partial charge on any atom is 0.404 e. The average Bonchev–Trinajstić information content (AvgIpc) is 2.50. The van der Waals surface area contributed by atoms with Gasteiger partial charge in [-0.05, 0) is 7.05 Å². The second-order valence-electron chi connectivity index (χ2n) is 2.04. The Bertz CT molecular complexity index is 277. The Hall–Kier alpha value is 0.462. The molecule has 0 saturated carbocycles. The summed E-state index contributed by atoms with van der Waals surface area (Å²) in [7, 11) is 7.12. The molecule has 0 aliphatic carbocycles. The van der Waals surface area contributed by atoms with Gasteiger partial charge in [0.2, 0.25) is 0 Å². The Balaban J connectivity index is -0.0000000150. The first-order chi connectivity index (χ1) is 9.72. The SMILES string of the molecule is CN.CN=C=[N-].CNC(=O)O.CNC([NH-])=O.CNC([NH-])=O.[Re].[Re].[Re].[Re].[Re]. The van der Waals surface area contributed by atoms with E-state index in [1.54, 1.807) is 6.01 Å². The van der Waals surface area contributed by atoms with Crippen molar-refractivity contribution < 1.29 is 122 Å². The van der Waals surface area contributed by atoms with Crippen LogP contribution in [0.4, 0.5) is 14.4 Å². The number of aliphatic imine (C=N–C) groups is 1. The Morgan fingerprint density at radius 2 is 1.00 bits per heavy atom. The number of carbonyl (C=O) groups is 3.